The van der Waals surface area contributed by atoms with E-state index in [1.165, 1.54) is 6.92 Å². The van der Waals surface area contributed by atoms with E-state index in [9.17, 15) is 19.7 Å². The minimum Gasteiger partial charge on any atom is -0.465 e. The lowest BCUT2D eigenvalue weighted by Crippen LogP contribution is -2.39. The van der Waals surface area contributed by atoms with Gasteiger partial charge in [-0.05, 0) is 82.6 Å². The second-order valence-electron chi connectivity index (χ2n) is 15.9. The Morgan fingerprint density at radius 3 is 1.96 bits per heavy atom. The van der Waals surface area contributed by atoms with Gasteiger partial charge in [-0.1, -0.05) is 152 Å². The third-order valence-corrected chi connectivity index (χ3v) is 11.4. The number of aromatic nitrogens is 6. The highest BCUT2D eigenvalue weighted by atomic mass is 17.0. The number of carbonyl (C=O) groups excluding carboxylic acids is 2. The fourth-order valence-electron chi connectivity index (χ4n) is 8.49. The maximum Gasteiger partial charge on any atom is 0.343 e. The van der Waals surface area contributed by atoms with Gasteiger partial charge in [-0.15, -0.1) is 15.2 Å². The summed E-state index contributed by atoms with van der Waals surface area (Å²) in [6.45, 7) is 5.57. The smallest absolute Gasteiger partial charge is 0.343 e. The number of tetrazole rings is 1. The molecule has 0 saturated carbocycles. The SMILES string of the molecule is CCOc1nc2cccc(C(=O)OC(C)OC(=O)CCCCC(C)O[N+](=O)[O-])c2n1Cc1ccc(-c2ccccc2-c2nnnn2C(c2ccccc2)(c2ccccc2)c2ccccc2)cc1. The molecule has 2 aromatic heterocycles. The van der Waals surface area contributed by atoms with Crippen molar-refractivity contribution in [2.45, 2.75) is 70.9 Å². The van der Waals surface area contributed by atoms with E-state index in [0.717, 1.165) is 38.9 Å². The van der Waals surface area contributed by atoms with Crippen LogP contribution < -0.4 is 4.74 Å². The van der Waals surface area contributed by atoms with E-state index in [1.54, 1.807) is 25.1 Å². The van der Waals surface area contributed by atoms with Crippen molar-refractivity contribution >= 4 is 23.0 Å². The lowest BCUT2D eigenvalue weighted by atomic mass is 9.77. The number of unbranched alkanes of at least 4 members (excludes halogenated alkanes) is 1. The summed E-state index contributed by atoms with van der Waals surface area (Å²) in [6, 6.07) is 52.5. The van der Waals surface area contributed by atoms with Gasteiger partial charge >= 0.3 is 11.9 Å². The normalized spacial score (nSPS) is 12.3. The zero-order valence-corrected chi connectivity index (χ0v) is 37.3. The van der Waals surface area contributed by atoms with Crippen LogP contribution in [0.25, 0.3) is 33.5 Å². The lowest BCUT2D eigenvalue weighted by Gasteiger charge is -2.36. The molecular weight excluding hydrogens is 851 g/mol. The van der Waals surface area contributed by atoms with Crippen LogP contribution in [0.3, 0.4) is 0 Å². The van der Waals surface area contributed by atoms with Crippen molar-refractivity contribution in [1.29, 1.82) is 0 Å². The Hall–Kier alpha value is -8.20. The number of esters is 2. The van der Waals surface area contributed by atoms with Crippen LogP contribution in [0.5, 0.6) is 6.01 Å². The predicted octanol–water partition coefficient (Wildman–Crippen LogP) is 9.85. The molecule has 0 fully saturated rings. The standard InChI is InChI=1S/C52H49N7O8/c1-4-64-51-53-46-29-18-28-45(50(61)66-37(3)65-47(60)30-17-14-19-36(2)67-59(62)63)48(46)57(51)35-38-31-33-39(34-32-38)43-26-15-16-27-44(43)49-54-55-56-58(49)52(40-20-8-5-9-21-40,41-22-10-6-11-23-41)42-24-12-7-13-25-42/h5-13,15-16,18,20-29,31-34,36-37H,4,14,17,19,30,35H2,1-3H3. The fraction of sp³-hybridized carbons (Fsp3) is 0.231. The zero-order chi connectivity index (χ0) is 46.8. The van der Waals surface area contributed by atoms with Crippen LogP contribution in [0, 0.1) is 10.1 Å². The van der Waals surface area contributed by atoms with E-state index >= 15 is 0 Å². The van der Waals surface area contributed by atoms with Crippen molar-refractivity contribution in [3.05, 3.63) is 196 Å². The molecule has 0 saturated heterocycles. The Balaban J connectivity index is 1.07. The molecule has 2 atom stereocenters. The molecule has 0 aliphatic heterocycles. The van der Waals surface area contributed by atoms with Crippen LogP contribution in [-0.2, 0) is 31.2 Å². The van der Waals surface area contributed by atoms with Gasteiger partial charge in [0.25, 0.3) is 11.1 Å². The van der Waals surface area contributed by atoms with Gasteiger partial charge < -0.3 is 19.0 Å². The van der Waals surface area contributed by atoms with Crippen molar-refractivity contribution in [1.82, 2.24) is 29.8 Å². The van der Waals surface area contributed by atoms with Crippen LogP contribution in [0.2, 0.25) is 0 Å². The molecule has 0 radical (unpaired) electrons. The molecule has 0 aliphatic rings. The molecule has 0 amide bonds. The molecule has 8 aromatic rings. The average Bonchev–Trinajstić information content (AvgIpc) is 3.97. The number of hydrogen-bond donors (Lipinski definition) is 0. The van der Waals surface area contributed by atoms with Crippen molar-refractivity contribution in [3.63, 3.8) is 0 Å². The van der Waals surface area contributed by atoms with E-state index in [4.69, 9.17) is 29.5 Å². The largest absolute Gasteiger partial charge is 0.465 e. The first-order valence-corrected chi connectivity index (χ1v) is 22.1. The van der Waals surface area contributed by atoms with Crippen LogP contribution in [-0.4, -0.2) is 65.8 Å². The maximum atomic E-state index is 13.7. The van der Waals surface area contributed by atoms with Crippen LogP contribution >= 0.6 is 0 Å². The first-order valence-electron chi connectivity index (χ1n) is 22.1. The Kier molecular flexibility index (Phi) is 14.1. The maximum absolute atomic E-state index is 13.7. The monoisotopic (exact) mass is 899 g/mol. The van der Waals surface area contributed by atoms with Gasteiger partial charge in [0.2, 0.25) is 6.29 Å². The minimum atomic E-state index is -1.18. The van der Waals surface area contributed by atoms with Gasteiger partial charge in [-0.25, -0.2) is 9.48 Å². The van der Waals surface area contributed by atoms with Crippen LogP contribution in [0.4, 0.5) is 0 Å². The number of hydrogen-bond acceptors (Lipinski definition) is 12. The predicted molar refractivity (Wildman–Crippen MR) is 250 cm³/mol. The molecule has 0 bridgehead atoms. The third-order valence-electron chi connectivity index (χ3n) is 11.4. The van der Waals surface area contributed by atoms with Crippen LogP contribution in [0.1, 0.15) is 79.1 Å². The van der Waals surface area contributed by atoms with Crippen molar-refractivity contribution in [2.24, 2.45) is 0 Å². The summed E-state index contributed by atoms with van der Waals surface area (Å²) in [7, 11) is 0. The number of carbonyl (C=O) groups is 2. The Bertz CT molecular complexity index is 2850. The molecule has 0 N–H and O–H groups in total. The van der Waals surface area contributed by atoms with Gasteiger partial charge in [0.15, 0.2) is 5.82 Å². The zero-order valence-electron chi connectivity index (χ0n) is 37.3. The second kappa shape index (κ2) is 20.7. The molecule has 15 nitrogen and oxygen atoms in total. The topological polar surface area (TPSA) is 176 Å². The molecular formula is C52H49N7O8. The van der Waals surface area contributed by atoms with Gasteiger partial charge in [0, 0.05) is 18.9 Å². The van der Waals surface area contributed by atoms with Gasteiger partial charge in [-0.2, -0.15) is 4.98 Å². The van der Waals surface area contributed by atoms with E-state index in [2.05, 4.69) is 52.5 Å². The molecule has 6 aromatic carbocycles. The average molecular weight is 900 g/mol. The highest BCUT2D eigenvalue weighted by Crippen LogP contribution is 2.43. The first kappa shape index (κ1) is 45.4. The number of para-hydroxylation sites is 1. The number of benzene rings is 6. The number of nitrogens with zero attached hydrogens (tertiary/aromatic N) is 7. The van der Waals surface area contributed by atoms with Crippen LogP contribution in [0.15, 0.2) is 158 Å². The number of imidazole rings is 1. The van der Waals surface area contributed by atoms with Gasteiger partial charge in [-0.3, -0.25) is 9.36 Å². The third kappa shape index (κ3) is 9.90. The van der Waals surface area contributed by atoms with E-state index in [0.29, 0.717) is 55.3 Å². The summed E-state index contributed by atoms with van der Waals surface area (Å²) >= 11 is 0. The quantitative estimate of drug-likeness (QED) is 0.0177. The fourth-order valence-corrected chi connectivity index (χ4v) is 8.49. The molecule has 2 unspecified atom stereocenters. The number of rotatable bonds is 20. The summed E-state index contributed by atoms with van der Waals surface area (Å²) < 4.78 is 20.8. The van der Waals surface area contributed by atoms with E-state index in [-0.39, 0.29) is 12.0 Å². The Labute approximate surface area is 387 Å². The number of ether oxygens (including phenoxy) is 3. The molecule has 340 valence electrons. The molecule has 15 heteroatoms. The molecule has 8 rings (SSSR count). The second-order valence-corrected chi connectivity index (χ2v) is 15.9. The first-order chi connectivity index (χ1) is 32.7. The number of fused-ring (bicyclic) bond motifs is 1. The molecule has 0 spiro atoms. The lowest BCUT2D eigenvalue weighted by molar-refractivity contribution is -0.767. The molecule has 67 heavy (non-hydrogen) atoms. The summed E-state index contributed by atoms with van der Waals surface area (Å²) in [5, 5.41) is 23.5. The van der Waals surface area contributed by atoms with Crippen molar-refractivity contribution in [3.8, 4) is 28.5 Å². The van der Waals surface area contributed by atoms with Gasteiger partial charge in [0.1, 0.15) is 11.6 Å². The van der Waals surface area contributed by atoms with Gasteiger partial charge in [0.05, 0.1) is 29.7 Å². The molecule has 0 aliphatic carbocycles. The highest BCUT2D eigenvalue weighted by Gasteiger charge is 2.42. The Morgan fingerprint density at radius 1 is 0.731 bits per heavy atom. The van der Waals surface area contributed by atoms with E-state index in [1.807, 2.05) is 113 Å². The summed E-state index contributed by atoms with van der Waals surface area (Å²) in [4.78, 5) is 46.0. The van der Waals surface area contributed by atoms with Crippen molar-refractivity contribution in [2.75, 3.05) is 6.61 Å². The minimum absolute atomic E-state index is 0.0494. The highest BCUT2D eigenvalue weighted by molar-refractivity contribution is 6.02. The summed E-state index contributed by atoms with van der Waals surface area (Å²) in [5.74, 6) is -0.682. The molecule has 2 heterocycles. The summed E-state index contributed by atoms with van der Waals surface area (Å²) in [5.41, 5.74) is 6.91. The summed E-state index contributed by atoms with van der Waals surface area (Å²) in [6.07, 6.45) is -0.364. The van der Waals surface area contributed by atoms with E-state index < -0.39 is 35.0 Å². The Morgan fingerprint density at radius 2 is 1.34 bits per heavy atom. The van der Waals surface area contributed by atoms with Crippen molar-refractivity contribution < 1.29 is 33.7 Å².